The quantitative estimate of drug-likeness (QED) is 0.785. The summed E-state index contributed by atoms with van der Waals surface area (Å²) in [6.07, 6.45) is 0.305. The Balaban J connectivity index is 1.84. The van der Waals surface area contributed by atoms with Gasteiger partial charge in [-0.1, -0.05) is 18.5 Å². The molecule has 2 rings (SSSR count). The highest BCUT2D eigenvalue weighted by Crippen LogP contribution is 2.19. The normalized spacial score (nSPS) is 19.4. The predicted molar refractivity (Wildman–Crippen MR) is 67.4 cm³/mol. The first-order valence-corrected chi connectivity index (χ1v) is 6.18. The largest absolute Gasteiger partial charge is 0.492 e. The lowest BCUT2D eigenvalue weighted by atomic mass is 10.1. The minimum Gasteiger partial charge on any atom is -0.492 e. The fourth-order valence-electron chi connectivity index (χ4n) is 1.87. The van der Waals surface area contributed by atoms with E-state index >= 15 is 0 Å². The van der Waals surface area contributed by atoms with Crippen LogP contribution in [-0.4, -0.2) is 29.9 Å². The van der Waals surface area contributed by atoms with Crippen LogP contribution in [0.15, 0.2) is 24.3 Å². The highest BCUT2D eigenvalue weighted by atomic mass is 35.5. The van der Waals surface area contributed by atoms with Gasteiger partial charge in [-0.05, 0) is 24.3 Å². The molecule has 0 aliphatic carbocycles. The van der Waals surface area contributed by atoms with Gasteiger partial charge in [0, 0.05) is 17.4 Å². The molecule has 0 N–H and O–H groups in total. The third kappa shape index (κ3) is 2.82. The molecule has 18 heavy (non-hydrogen) atoms. The Kier molecular flexibility index (Phi) is 3.87. The van der Waals surface area contributed by atoms with Crippen molar-refractivity contribution in [2.45, 2.75) is 13.3 Å². The molecule has 96 valence electrons. The monoisotopic (exact) mass is 267 g/mol. The standard InChI is InChI=1S/C13H14ClNO3/c1-9-8-12(16)15(13(9)17)6-7-18-11-4-2-10(14)3-5-11/h2-5,9H,6-8H2,1H3. The molecular weight excluding hydrogens is 254 g/mol. The van der Waals surface area contributed by atoms with E-state index in [-0.39, 0.29) is 17.7 Å². The maximum Gasteiger partial charge on any atom is 0.232 e. The topological polar surface area (TPSA) is 46.6 Å². The number of hydrogen-bond donors (Lipinski definition) is 0. The van der Waals surface area contributed by atoms with E-state index in [0.29, 0.717) is 30.3 Å². The lowest BCUT2D eigenvalue weighted by molar-refractivity contribution is -0.139. The minimum absolute atomic E-state index is 0.111. The first-order valence-electron chi connectivity index (χ1n) is 5.80. The molecule has 1 aliphatic heterocycles. The van der Waals surface area contributed by atoms with Crippen LogP contribution in [0.3, 0.4) is 0 Å². The van der Waals surface area contributed by atoms with Crippen LogP contribution in [0.1, 0.15) is 13.3 Å². The SMILES string of the molecule is CC1CC(=O)N(CCOc2ccc(Cl)cc2)C1=O. The Bertz CT molecular complexity index is 458. The van der Waals surface area contributed by atoms with Crippen molar-refractivity contribution in [3.8, 4) is 5.75 Å². The summed E-state index contributed by atoms with van der Waals surface area (Å²) in [6.45, 7) is 2.36. The molecule has 1 heterocycles. The van der Waals surface area contributed by atoms with Gasteiger partial charge in [0.2, 0.25) is 11.8 Å². The molecular formula is C13H14ClNO3. The van der Waals surface area contributed by atoms with Gasteiger partial charge in [0.1, 0.15) is 12.4 Å². The number of halogens is 1. The van der Waals surface area contributed by atoms with Gasteiger partial charge in [0.15, 0.2) is 0 Å². The van der Waals surface area contributed by atoms with Gasteiger partial charge in [-0.3, -0.25) is 14.5 Å². The van der Waals surface area contributed by atoms with E-state index in [0.717, 1.165) is 0 Å². The third-order valence-corrected chi connectivity index (χ3v) is 3.12. The average Bonchev–Trinajstić information content (AvgIpc) is 2.58. The van der Waals surface area contributed by atoms with Crippen LogP contribution in [0.4, 0.5) is 0 Å². The van der Waals surface area contributed by atoms with Crippen molar-refractivity contribution in [3.05, 3.63) is 29.3 Å². The molecule has 1 unspecified atom stereocenters. The third-order valence-electron chi connectivity index (χ3n) is 2.87. The lowest BCUT2D eigenvalue weighted by Crippen LogP contribution is -2.34. The zero-order valence-corrected chi connectivity index (χ0v) is 10.8. The van der Waals surface area contributed by atoms with Crippen LogP contribution in [0.2, 0.25) is 5.02 Å². The molecule has 0 saturated carbocycles. The van der Waals surface area contributed by atoms with Gasteiger partial charge in [-0.2, -0.15) is 0 Å². The van der Waals surface area contributed by atoms with E-state index in [1.165, 1.54) is 4.90 Å². The summed E-state index contributed by atoms with van der Waals surface area (Å²) in [4.78, 5) is 24.4. The second-order valence-electron chi connectivity index (χ2n) is 4.29. The van der Waals surface area contributed by atoms with E-state index < -0.39 is 0 Å². The number of ether oxygens (including phenoxy) is 1. The number of benzene rings is 1. The maximum absolute atomic E-state index is 11.6. The summed E-state index contributed by atoms with van der Waals surface area (Å²) in [6, 6.07) is 6.95. The number of likely N-dealkylation sites (tertiary alicyclic amines) is 1. The molecule has 0 bridgehead atoms. The Morgan fingerprint density at radius 2 is 2.00 bits per heavy atom. The Morgan fingerprint density at radius 3 is 2.56 bits per heavy atom. The highest BCUT2D eigenvalue weighted by molar-refractivity contribution is 6.30. The first-order chi connectivity index (χ1) is 8.58. The number of carbonyl (C=O) groups is 2. The molecule has 1 saturated heterocycles. The van der Waals surface area contributed by atoms with E-state index in [1.807, 2.05) is 0 Å². The number of nitrogens with zero attached hydrogens (tertiary/aromatic N) is 1. The van der Waals surface area contributed by atoms with Crippen molar-refractivity contribution in [2.75, 3.05) is 13.2 Å². The van der Waals surface area contributed by atoms with Crippen LogP contribution in [0, 0.1) is 5.92 Å². The summed E-state index contributed by atoms with van der Waals surface area (Å²) >= 11 is 5.75. The van der Waals surface area contributed by atoms with Crippen molar-refractivity contribution >= 4 is 23.4 Å². The Labute approximate surface area is 110 Å². The van der Waals surface area contributed by atoms with Gasteiger partial charge in [0.05, 0.1) is 6.54 Å². The first kappa shape index (κ1) is 12.9. The van der Waals surface area contributed by atoms with Gasteiger partial charge in [-0.25, -0.2) is 0 Å². The fourth-order valence-corrected chi connectivity index (χ4v) is 1.99. The minimum atomic E-state index is -0.201. The molecule has 1 atom stereocenters. The smallest absolute Gasteiger partial charge is 0.232 e. The second kappa shape index (κ2) is 5.40. The molecule has 1 fully saturated rings. The Morgan fingerprint density at radius 1 is 1.33 bits per heavy atom. The predicted octanol–water partition coefficient (Wildman–Crippen LogP) is 2.11. The second-order valence-corrected chi connectivity index (χ2v) is 4.73. The summed E-state index contributed by atoms with van der Waals surface area (Å²) in [7, 11) is 0. The molecule has 2 amide bonds. The molecule has 1 aliphatic rings. The molecule has 0 aromatic heterocycles. The zero-order chi connectivity index (χ0) is 13.1. The van der Waals surface area contributed by atoms with E-state index in [2.05, 4.69) is 0 Å². The van der Waals surface area contributed by atoms with Crippen molar-refractivity contribution in [3.63, 3.8) is 0 Å². The maximum atomic E-state index is 11.6. The summed E-state index contributed by atoms with van der Waals surface area (Å²) < 4.78 is 5.45. The summed E-state index contributed by atoms with van der Waals surface area (Å²) in [5, 5.41) is 0.640. The Hall–Kier alpha value is -1.55. The number of imide groups is 1. The molecule has 1 aromatic carbocycles. The number of rotatable bonds is 4. The van der Waals surface area contributed by atoms with E-state index in [4.69, 9.17) is 16.3 Å². The number of carbonyl (C=O) groups excluding carboxylic acids is 2. The molecule has 0 spiro atoms. The van der Waals surface area contributed by atoms with Crippen molar-refractivity contribution < 1.29 is 14.3 Å². The van der Waals surface area contributed by atoms with Crippen LogP contribution in [-0.2, 0) is 9.59 Å². The molecule has 1 aromatic rings. The van der Waals surface area contributed by atoms with Crippen LogP contribution >= 0.6 is 11.6 Å². The van der Waals surface area contributed by atoms with E-state index in [1.54, 1.807) is 31.2 Å². The van der Waals surface area contributed by atoms with Gasteiger partial charge < -0.3 is 4.74 Å². The molecule has 4 nitrogen and oxygen atoms in total. The van der Waals surface area contributed by atoms with Gasteiger partial charge in [0.25, 0.3) is 0 Å². The lowest BCUT2D eigenvalue weighted by Gasteiger charge is -2.14. The molecule has 5 heteroatoms. The fraction of sp³-hybridized carbons (Fsp3) is 0.385. The van der Waals surface area contributed by atoms with Crippen LogP contribution < -0.4 is 4.74 Å². The van der Waals surface area contributed by atoms with Crippen molar-refractivity contribution in [1.29, 1.82) is 0 Å². The van der Waals surface area contributed by atoms with Crippen LogP contribution in [0.25, 0.3) is 0 Å². The van der Waals surface area contributed by atoms with Crippen molar-refractivity contribution in [2.24, 2.45) is 5.92 Å². The number of amides is 2. The van der Waals surface area contributed by atoms with Crippen molar-refractivity contribution in [1.82, 2.24) is 4.90 Å². The summed E-state index contributed by atoms with van der Waals surface area (Å²) in [5.74, 6) is 0.242. The number of hydrogen-bond acceptors (Lipinski definition) is 3. The highest BCUT2D eigenvalue weighted by Gasteiger charge is 2.35. The molecule has 0 radical (unpaired) electrons. The van der Waals surface area contributed by atoms with Crippen LogP contribution in [0.5, 0.6) is 5.75 Å². The van der Waals surface area contributed by atoms with Gasteiger partial charge >= 0.3 is 0 Å². The van der Waals surface area contributed by atoms with Gasteiger partial charge in [-0.15, -0.1) is 0 Å². The summed E-state index contributed by atoms with van der Waals surface area (Å²) in [5.41, 5.74) is 0. The van der Waals surface area contributed by atoms with E-state index in [9.17, 15) is 9.59 Å². The zero-order valence-electron chi connectivity index (χ0n) is 10.1. The average molecular weight is 268 g/mol.